The lowest BCUT2D eigenvalue weighted by molar-refractivity contribution is -0.138. The number of aliphatic carboxylic acids is 1. The number of aliphatic hydroxyl groups is 1. The van der Waals surface area contributed by atoms with Crippen molar-refractivity contribution in [2.45, 2.75) is 110 Å². The Labute approximate surface area is 399 Å². The van der Waals surface area contributed by atoms with E-state index in [1.54, 1.807) is 70.3 Å². The number of ether oxygens (including phenoxy) is 4. The maximum atomic E-state index is 14.8. The third-order valence-corrected chi connectivity index (χ3v) is 13.1. The summed E-state index contributed by atoms with van der Waals surface area (Å²) >= 11 is 0. The highest BCUT2D eigenvalue weighted by Gasteiger charge is 2.33. The van der Waals surface area contributed by atoms with Crippen LogP contribution in [0, 0.1) is 12.8 Å². The van der Waals surface area contributed by atoms with Crippen molar-refractivity contribution in [1.82, 2.24) is 34.9 Å². The number of alkyl halides is 2. The van der Waals surface area contributed by atoms with Crippen LogP contribution in [0.15, 0.2) is 67.0 Å². The van der Waals surface area contributed by atoms with Gasteiger partial charge in [0.25, 0.3) is 6.43 Å². The van der Waals surface area contributed by atoms with Crippen LogP contribution in [0.25, 0.3) is 38.8 Å². The number of rotatable bonds is 15. The van der Waals surface area contributed by atoms with E-state index in [2.05, 4.69) is 20.2 Å². The summed E-state index contributed by atoms with van der Waals surface area (Å²) in [5, 5.41) is 28.8. The van der Waals surface area contributed by atoms with E-state index in [1.165, 1.54) is 4.90 Å². The standard InChI is InChI=1S/C51H60F2N8O8/c1-29-34(35-11-9-13-41-36(35)26-56-61(41)33-22-43(66-6)37(44(23-33)67-7)25-54-38-18-19-68-28-42(38)62)10-8-12-40(29)60(50(65)69-51(2,3)4)49-46-39(57-48(58-49)47(52)53)20-31(24-55-46)27-59(5)32-16-14-30(15-17-32)21-45(63)64/h8-13,20,22-24,26,30,32,38,42,47,54,62H,14-19,21,25,27-28H2,1-7H3,(H,63,64)/t30-,32-,38-,42+/m1/s1. The largest absolute Gasteiger partial charge is 0.496 e. The number of hydrogen-bond donors (Lipinski definition) is 3. The Morgan fingerprint density at radius 3 is 2.35 bits per heavy atom. The molecule has 2 fully saturated rings. The summed E-state index contributed by atoms with van der Waals surface area (Å²) in [5.41, 5.74) is 4.75. The number of hydrogen-bond acceptors (Lipinski definition) is 13. The lowest BCUT2D eigenvalue weighted by Gasteiger charge is -2.34. The minimum absolute atomic E-state index is 0.132. The van der Waals surface area contributed by atoms with E-state index in [0.29, 0.717) is 54.6 Å². The fraction of sp³-hybridized carbons (Fsp3) is 0.451. The molecule has 4 heterocycles. The van der Waals surface area contributed by atoms with Crippen molar-refractivity contribution >= 4 is 45.5 Å². The number of benzene rings is 3. The van der Waals surface area contributed by atoms with Gasteiger partial charge < -0.3 is 34.5 Å². The third kappa shape index (κ3) is 10.8. The molecule has 2 aliphatic rings. The highest BCUT2D eigenvalue weighted by Crippen LogP contribution is 2.41. The summed E-state index contributed by atoms with van der Waals surface area (Å²) in [4.78, 5) is 42.5. The van der Waals surface area contributed by atoms with E-state index in [1.807, 2.05) is 50.4 Å². The molecule has 3 aromatic carbocycles. The SMILES string of the molecule is COc1cc(-n2ncc3c(-c4cccc(N(C(=O)OC(C)(C)C)c5nc(C(F)F)nc6cc(CN(C)[C@H]7CC[C@H](CC(=O)O)CC7)cnc56)c4C)cccc32)cc(OC)c1CN[C@@H]1CCOC[C@@H]1O. The zero-order chi connectivity index (χ0) is 49.1. The molecule has 3 aromatic heterocycles. The van der Waals surface area contributed by atoms with E-state index < -0.39 is 36.0 Å². The fourth-order valence-corrected chi connectivity index (χ4v) is 9.57. The number of fused-ring (bicyclic) bond motifs is 2. The second-order valence-electron chi connectivity index (χ2n) is 18.9. The number of anilines is 2. The molecule has 69 heavy (non-hydrogen) atoms. The summed E-state index contributed by atoms with van der Waals surface area (Å²) < 4.78 is 54.5. The summed E-state index contributed by atoms with van der Waals surface area (Å²) in [6.45, 7) is 8.69. The van der Waals surface area contributed by atoms with Gasteiger partial charge in [-0.3, -0.25) is 14.7 Å². The number of methoxy groups -OCH3 is 2. The van der Waals surface area contributed by atoms with E-state index >= 15 is 0 Å². The third-order valence-electron chi connectivity index (χ3n) is 13.1. The van der Waals surface area contributed by atoms with Crippen molar-refractivity contribution in [2.75, 3.05) is 39.4 Å². The molecule has 6 aromatic rings. The second-order valence-corrected chi connectivity index (χ2v) is 18.9. The summed E-state index contributed by atoms with van der Waals surface area (Å²) in [6, 6.07) is 16.8. The van der Waals surface area contributed by atoms with Gasteiger partial charge in [-0.15, -0.1) is 0 Å². The zero-order valence-corrected chi connectivity index (χ0v) is 40.0. The van der Waals surface area contributed by atoms with Crippen molar-refractivity contribution in [1.29, 1.82) is 0 Å². The number of amides is 1. The molecule has 0 bridgehead atoms. The first-order chi connectivity index (χ1) is 33.0. The number of pyridine rings is 1. The molecule has 1 aliphatic carbocycles. The van der Waals surface area contributed by atoms with Crippen LogP contribution in [0.1, 0.15) is 88.2 Å². The Morgan fingerprint density at radius 1 is 0.971 bits per heavy atom. The second kappa shape index (κ2) is 20.7. The highest BCUT2D eigenvalue weighted by atomic mass is 19.3. The van der Waals surface area contributed by atoms with Gasteiger partial charge in [-0.25, -0.2) is 33.1 Å². The number of carboxylic acids is 1. The quantitative estimate of drug-likeness (QED) is 0.0885. The Hall–Kier alpha value is -6.34. The maximum Gasteiger partial charge on any atom is 0.420 e. The smallest absolute Gasteiger partial charge is 0.420 e. The Balaban J connectivity index is 1.16. The summed E-state index contributed by atoms with van der Waals surface area (Å²) in [5.74, 6) is -0.407. The van der Waals surface area contributed by atoms with E-state index in [0.717, 1.165) is 58.8 Å². The minimum atomic E-state index is -3.07. The first-order valence-electron chi connectivity index (χ1n) is 23.2. The van der Waals surface area contributed by atoms with Crippen LogP contribution in [0.5, 0.6) is 11.5 Å². The molecule has 1 saturated carbocycles. The van der Waals surface area contributed by atoms with Crippen LogP contribution in [0.3, 0.4) is 0 Å². The molecule has 366 valence electrons. The van der Waals surface area contributed by atoms with Crippen LogP contribution in [0.4, 0.5) is 25.1 Å². The lowest BCUT2D eigenvalue weighted by Crippen LogP contribution is -2.46. The molecule has 0 spiro atoms. The molecular weight excluding hydrogens is 891 g/mol. The monoisotopic (exact) mass is 950 g/mol. The Kier molecular flexibility index (Phi) is 14.7. The number of aliphatic hydroxyl groups excluding tert-OH is 1. The van der Waals surface area contributed by atoms with Gasteiger partial charge in [0.05, 0.1) is 61.1 Å². The van der Waals surface area contributed by atoms with Gasteiger partial charge in [0.1, 0.15) is 22.6 Å². The molecule has 1 aliphatic heterocycles. The molecule has 1 saturated heterocycles. The van der Waals surface area contributed by atoms with Crippen molar-refractivity contribution in [3.05, 3.63) is 89.5 Å². The first-order valence-corrected chi connectivity index (χ1v) is 23.2. The van der Waals surface area contributed by atoms with E-state index in [-0.39, 0.29) is 47.9 Å². The van der Waals surface area contributed by atoms with Crippen molar-refractivity contribution in [3.63, 3.8) is 0 Å². The minimum Gasteiger partial charge on any atom is -0.496 e. The number of halogens is 2. The van der Waals surface area contributed by atoms with E-state index in [4.69, 9.17) is 29.0 Å². The molecule has 8 rings (SSSR count). The van der Waals surface area contributed by atoms with Gasteiger partial charge >= 0.3 is 12.1 Å². The molecular formula is C51H60F2N8O8. The lowest BCUT2D eigenvalue weighted by atomic mass is 9.83. The summed E-state index contributed by atoms with van der Waals surface area (Å²) in [7, 11) is 5.17. The van der Waals surface area contributed by atoms with Crippen molar-refractivity contribution in [2.24, 2.45) is 5.92 Å². The molecule has 2 atom stereocenters. The number of carbonyl (C=O) groups excluding carboxylic acids is 1. The van der Waals surface area contributed by atoms with E-state index in [9.17, 15) is 28.6 Å². The Morgan fingerprint density at radius 2 is 1.68 bits per heavy atom. The summed E-state index contributed by atoms with van der Waals surface area (Å²) in [6.07, 6.45) is 3.02. The number of nitrogens with one attached hydrogen (secondary N) is 1. The van der Waals surface area contributed by atoms with Crippen LogP contribution in [-0.2, 0) is 27.4 Å². The predicted molar refractivity (Wildman–Crippen MR) is 257 cm³/mol. The topological polar surface area (TPSA) is 187 Å². The zero-order valence-electron chi connectivity index (χ0n) is 40.0. The highest BCUT2D eigenvalue weighted by molar-refractivity contribution is 6.05. The first kappa shape index (κ1) is 49.1. The molecule has 16 nitrogen and oxygen atoms in total. The van der Waals surface area contributed by atoms with Crippen LogP contribution < -0.4 is 19.7 Å². The molecule has 1 amide bonds. The fourth-order valence-electron chi connectivity index (χ4n) is 9.57. The molecule has 0 radical (unpaired) electrons. The normalized spacial score (nSPS) is 18.8. The van der Waals surface area contributed by atoms with Crippen molar-refractivity contribution < 1.29 is 47.5 Å². The number of aromatic nitrogens is 5. The van der Waals surface area contributed by atoms with Gasteiger partial charge in [0, 0.05) is 61.9 Å². The maximum absolute atomic E-state index is 14.8. The molecule has 3 N–H and O–H groups in total. The molecule has 0 unspecified atom stereocenters. The van der Waals surface area contributed by atoms with Gasteiger partial charge in [0.15, 0.2) is 11.6 Å². The van der Waals surface area contributed by atoms with Crippen LogP contribution in [0.2, 0.25) is 0 Å². The van der Waals surface area contributed by atoms with Crippen LogP contribution >= 0.6 is 0 Å². The van der Waals surface area contributed by atoms with Gasteiger partial charge in [-0.2, -0.15) is 5.10 Å². The number of carbonyl (C=O) groups is 2. The predicted octanol–water partition coefficient (Wildman–Crippen LogP) is 9.07. The number of carboxylic acid groups (broad SMARTS) is 1. The van der Waals surface area contributed by atoms with Crippen LogP contribution in [-0.4, -0.2) is 110 Å². The Bertz CT molecular complexity index is 2800. The average Bonchev–Trinajstić information content (AvgIpc) is 3.76. The van der Waals surface area contributed by atoms with Gasteiger partial charge in [-0.05, 0) is 113 Å². The molecule has 18 heteroatoms. The number of nitrogens with zero attached hydrogens (tertiary/aromatic N) is 7. The van der Waals surface area contributed by atoms with Gasteiger partial charge in [-0.1, -0.05) is 24.3 Å². The van der Waals surface area contributed by atoms with Crippen molar-refractivity contribution in [3.8, 4) is 28.3 Å². The average molecular weight is 951 g/mol. The van der Waals surface area contributed by atoms with Gasteiger partial charge in [0.2, 0.25) is 0 Å².